The minimum absolute atomic E-state index is 0.0539. The number of nitrogens with zero attached hydrogens (tertiary/aromatic N) is 4. The molecule has 124 valence electrons. The first-order valence-electron chi connectivity index (χ1n) is 7.58. The van der Waals surface area contributed by atoms with Crippen LogP contribution in [0.1, 0.15) is 44.0 Å². The van der Waals surface area contributed by atoms with Gasteiger partial charge in [0, 0.05) is 5.02 Å². The van der Waals surface area contributed by atoms with Crippen LogP contribution in [-0.2, 0) is 16.6 Å². The lowest BCUT2D eigenvalue weighted by Gasteiger charge is -2.22. The number of sulfonamides is 1. The summed E-state index contributed by atoms with van der Waals surface area (Å²) in [6.07, 6.45) is 5.59. The summed E-state index contributed by atoms with van der Waals surface area (Å²) in [7, 11) is -3.65. The van der Waals surface area contributed by atoms with Crippen LogP contribution in [0.15, 0.2) is 29.2 Å². The van der Waals surface area contributed by atoms with Crippen molar-refractivity contribution in [3.05, 3.63) is 35.1 Å². The van der Waals surface area contributed by atoms with Gasteiger partial charge in [0.15, 0.2) is 5.82 Å². The van der Waals surface area contributed by atoms with Gasteiger partial charge >= 0.3 is 0 Å². The van der Waals surface area contributed by atoms with E-state index in [-0.39, 0.29) is 17.5 Å². The predicted octanol–water partition coefficient (Wildman–Crippen LogP) is 2.31. The van der Waals surface area contributed by atoms with Gasteiger partial charge in [0.25, 0.3) is 0 Å². The third kappa shape index (κ3) is 3.88. The highest BCUT2D eigenvalue weighted by atomic mass is 35.5. The van der Waals surface area contributed by atoms with Gasteiger partial charge in [-0.25, -0.2) is 17.8 Å². The zero-order valence-corrected chi connectivity index (χ0v) is 14.1. The fourth-order valence-electron chi connectivity index (χ4n) is 2.81. The lowest BCUT2D eigenvalue weighted by molar-refractivity contribution is 0.316. The molecule has 0 amide bonds. The van der Waals surface area contributed by atoms with Crippen LogP contribution in [0.3, 0.4) is 0 Å². The number of halogens is 1. The molecule has 9 heteroatoms. The zero-order valence-electron chi connectivity index (χ0n) is 12.5. The molecule has 1 aliphatic carbocycles. The van der Waals surface area contributed by atoms with Crippen LogP contribution in [0.2, 0.25) is 5.02 Å². The predicted molar refractivity (Wildman–Crippen MR) is 85.4 cm³/mol. The normalized spacial score (nSPS) is 16.6. The fourth-order valence-corrected chi connectivity index (χ4v) is 4.10. The highest BCUT2D eigenvalue weighted by Crippen LogP contribution is 2.27. The molecule has 0 radical (unpaired) electrons. The second-order valence-corrected chi connectivity index (χ2v) is 7.82. The summed E-state index contributed by atoms with van der Waals surface area (Å²) in [4.78, 5) is 0.127. The molecule has 0 unspecified atom stereocenters. The molecule has 0 atom stereocenters. The quantitative estimate of drug-likeness (QED) is 0.888. The highest BCUT2D eigenvalue weighted by molar-refractivity contribution is 7.89. The van der Waals surface area contributed by atoms with Crippen LogP contribution < -0.4 is 4.72 Å². The van der Waals surface area contributed by atoms with E-state index in [2.05, 4.69) is 20.2 Å². The fraction of sp³-hybridized carbons (Fsp3) is 0.500. The summed E-state index contributed by atoms with van der Waals surface area (Å²) < 4.78 is 28.9. The second-order valence-electron chi connectivity index (χ2n) is 5.61. The topological polar surface area (TPSA) is 89.8 Å². The van der Waals surface area contributed by atoms with Crippen molar-refractivity contribution in [2.45, 2.75) is 49.6 Å². The Morgan fingerprint density at radius 3 is 2.78 bits per heavy atom. The molecule has 1 N–H and O–H groups in total. The Morgan fingerprint density at radius 2 is 2.04 bits per heavy atom. The first-order chi connectivity index (χ1) is 11.1. The van der Waals surface area contributed by atoms with E-state index in [9.17, 15) is 8.42 Å². The van der Waals surface area contributed by atoms with Crippen molar-refractivity contribution >= 4 is 21.6 Å². The largest absolute Gasteiger partial charge is 0.241 e. The van der Waals surface area contributed by atoms with Crippen molar-refractivity contribution < 1.29 is 8.42 Å². The maximum Gasteiger partial charge on any atom is 0.241 e. The zero-order chi connectivity index (χ0) is 16.3. The van der Waals surface area contributed by atoms with E-state index in [1.54, 1.807) is 16.8 Å². The molecule has 1 fully saturated rings. The standard InChI is InChI=1S/C14H18ClN5O2S/c15-11-5-4-8-13(9-11)23(21,22)16-10-14-17-18-19-20(14)12-6-2-1-3-7-12/h4-5,8-9,12,16H,1-3,6-7,10H2. The smallest absolute Gasteiger partial charge is 0.225 e. The molecule has 1 heterocycles. The van der Waals surface area contributed by atoms with Crippen molar-refractivity contribution in [2.75, 3.05) is 0 Å². The van der Waals surface area contributed by atoms with E-state index in [4.69, 9.17) is 11.6 Å². The minimum Gasteiger partial charge on any atom is -0.225 e. The first kappa shape index (κ1) is 16.4. The number of hydrogen-bond acceptors (Lipinski definition) is 5. The lowest BCUT2D eigenvalue weighted by Crippen LogP contribution is -2.26. The van der Waals surface area contributed by atoms with Gasteiger partial charge in [0.2, 0.25) is 10.0 Å². The summed E-state index contributed by atoms with van der Waals surface area (Å²) in [6, 6.07) is 6.39. The molecule has 1 aliphatic rings. The number of benzene rings is 1. The molecular weight excluding hydrogens is 338 g/mol. The summed E-state index contributed by atoms with van der Waals surface area (Å²) in [5, 5.41) is 12.0. The van der Waals surface area contributed by atoms with Crippen LogP contribution in [0.4, 0.5) is 0 Å². The van der Waals surface area contributed by atoms with E-state index in [0.717, 1.165) is 25.7 Å². The van der Waals surface area contributed by atoms with Crippen LogP contribution >= 0.6 is 11.6 Å². The first-order valence-corrected chi connectivity index (χ1v) is 9.44. The van der Waals surface area contributed by atoms with Crippen molar-refractivity contribution in [2.24, 2.45) is 0 Å². The number of rotatable bonds is 5. The van der Waals surface area contributed by atoms with Crippen molar-refractivity contribution in [1.29, 1.82) is 0 Å². The third-order valence-electron chi connectivity index (χ3n) is 4.01. The summed E-state index contributed by atoms with van der Waals surface area (Å²) in [5.41, 5.74) is 0. The molecule has 3 rings (SSSR count). The average Bonchev–Trinajstić information content (AvgIpc) is 3.02. The van der Waals surface area contributed by atoms with Gasteiger partial charge in [0.05, 0.1) is 17.5 Å². The van der Waals surface area contributed by atoms with Gasteiger partial charge in [0.1, 0.15) is 0 Å². The van der Waals surface area contributed by atoms with Gasteiger partial charge in [-0.3, -0.25) is 0 Å². The SMILES string of the molecule is O=S(=O)(NCc1nnnn1C1CCCCC1)c1cccc(Cl)c1. The Balaban J connectivity index is 1.72. The average molecular weight is 356 g/mol. The van der Waals surface area contributed by atoms with E-state index in [1.807, 2.05) is 0 Å². The van der Waals surface area contributed by atoms with Gasteiger partial charge in [-0.1, -0.05) is 36.9 Å². The highest BCUT2D eigenvalue weighted by Gasteiger charge is 2.21. The number of hydrogen-bond donors (Lipinski definition) is 1. The molecule has 0 bridgehead atoms. The Kier molecular flexibility index (Phi) is 4.93. The van der Waals surface area contributed by atoms with Gasteiger partial charge in [-0.2, -0.15) is 0 Å². The van der Waals surface area contributed by atoms with Crippen molar-refractivity contribution in [3.8, 4) is 0 Å². The lowest BCUT2D eigenvalue weighted by atomic mass is 9.96. The number of nitrogens with one attached hydrogen (secondary N) is 1. The minimum atomic E-state index is -3.65. The van der Waals surface area contributed by atoms with Gasteiger partial charge in [-0.05, 0) is 41.5 Å². The molecule has 1 aromatic carbocycles. The third-order valence-corrected chi connectivity index (χ3v) is 5.64. The molecule has 0 aliphatic heterocycles. The number of aromatic nitrogens is 4. The Morgan fingerprint density at radius 1 is 1.26 bits per heavy atom. The summed E-state index contributed by atoms with van der Waals surface area (Å²) >= 11 is 5.85. The Hall–Kier alpha value is -1.51. The second kappa shape index (κ2) is 6.94. The maximum absolute atomic E-state index is 12.3. The molecule has 1 aromatic heterocycles. The van der Waals surface area contributed by atoms with Gasteiger partial charge in [-0.15, -0.1) is 5.10 Å². The molecule has 23 heavy (non-hydrogen) atoms. The number of tetrazole rings is 1. The molecule has 1 saturated carbocycles. The van der Waals surface area contributed by atoms with Gasteiger partial charge < -0.3 is 0 Å². The van der Waals surface area contributed by atoms with E-state index in [1.165, 1.54) is 18.6 Å². The Labute approximate surface area is 140 Å². The molecular formula is C14H18ClN5O2S. The van der Waals surface area contributed by atoms with Crippen LogP contribution in [-0.4, -0.2) is 28.6 Å². The van der Waals surface area contributed by atoms with E-state index >= 15 is 0 Å². The van der Waals surface area contributed by atoms with Crippen molar-refractivity contribution in [1.82, 2.24) is 24.9 Å². The molecule has 0 spiro atoms. The summed E-state index contributed by atoms with van der Waals surface area (Å²) in [5.74, 6) is 0.530. The monoisotopic (exact) mass is 355 g/mol. The molecule has 0 saturated heterocycles. The Bertz CT molecular complexity index is 771. The van der Waals surface area contributed by atoms with E-state index < -0.39 is 10.0 Å². The van der Waals surface area contributed by atoms with Crippen LogP contribution in [0.25, 0.3) is 0 Å². The molecule has 2 aromatic rings. The maximum atomic E-state index is 12.3. The van der Waals surface area contributed by atoms with Crippen LogP contribution in [0, 0.1) is 0 Å². The van der Waals surface area contributed by atoms with Crippen LogP contribution in [0.5, 0.6) is 0 Å². The summed E-state index contributed by atoms with van der Waals surface area (Å²) in [6.45, 7) is 0.0539. The van der Waals surface area contributed by atoms with Crippen molar-refractivity contribution in [3.63, 3.8) is 0 Å². The molecule has 7 nitrogen and oxygen atoms in total. The van der Waals surface area contributed by atoms with E-state index in [0.29, 0.717) is 10.8 Å².